The molecule has 0 saturated carbocycles. The Kier molecular flexibility index (Phi) is 6.13. The number of rotatable bonds is 7. The molecule has 28 heavy (non-hydrogen) atoms. The van der Waals surface area contributed by atoms with E-state index in [0.717, 1.165) is 13.1 Å². The average Bonchev–Trinajstić information content (AvgIpc) is 3.30. The maximum absolute atomic E-state index is 2.31. The van der Waals surface area contributed by atoms with Crippen LogP contribution < -0.4 is 18.1 Å². The predicted molar refractivity (Wildman–Crippen MR) is 113 cm³/mol. The van der Waals surface area contributed by atoms with Crippen molar-refractivity contribution in [1.29, 1.82) is 0 Å². The van der Waals surface area contributed by atoms with Crippen LogP contribution in [-0.4, -0.2) is 35.4 Å². The van der Waals surface area contributed by atoms with Crippen LogP contribution in [0.3, 0.4) is 0 Å². The van der Waals surface area contributed by atoms with E-state index >= 15 is 0 Å². The van der Waals surface area contributed by atoms with Crippen molar-refractivity contribution in [2.24, 2.45) is 14.1 Å². The van der Waals surface area contributed by atoms with E-state index in [0.29, 0.717) is 26.3 Å². The van der Waals surface area contributed by atoms with Crippen LogP contribution in [0, 0.1) is 0 Å². The van der Waals surface area contributed by atoms with Gasteiger partial charge in [0.05, 0.1) is 0 Å². The van der Waals surface area contributed by atoms with Crippen LogP contribution in [0.1, 0.15) is 11.1 Å². The molecule has 4 rings (SSSR count). The van der Waals surface area contributed by atoms with E-state index < -0.39 is 0 Å². The van der Waals surface area contributed by atoms with Crippen LogP contribution in [0.25, 0.3) is 0 Å². The Morgan fingerprint density at radius 1 is 0.679 bits per heavy atom. The molecule has 0 aliphatic carbocycles. The van der Waals surface area contributed by atoms with E-state index in [1.807, 2.05) is 0 Å². The summed E-state index contributed by atoms with van der Waals surface area (Å²) in [6.07, 6.45) is 12.7. The second-order valence-corrected chi connectivity index (χ2v) is 13.1. The fraction of sp³-hybridized carbons (Fsp3) is 0.182. The molecule has 6 heteroatoms. The van der Waals surface area contributed by atoms with Crippen molar-refractivity contribution in [2.75, 3.05) is 0 Å². The molecule has 0 amide bonds. The van der Waals surface area contributed by atoms with Gasteiger partial charge in [-0.15, -0.1) is 0 Å². The Balaban J connectivity index is 1.49. The number of aryl methyl sites for hydroxylation is 2. The SMILES string of the molecule is C[n+]1ccn(Cc2ccccc2[Se][Se]c2ccccc2Cn2cc[n+](C)c2)c1. The summed E-state index contributed by atoms with van der Waals surface area (Å²) in [5.74, 6) is 0. The summed E-state index contributed by atoms with van der Waals surface area (Å²) >= 11 is 0.937. The summed E-state index contributed by atoms with van der Waals surface area (Å²) in [7, 11) is 4.13. The monoisotopic (exact) mass is 504 g/mol. The fourth-order valence-corrected chi connectivity index (χ4v) is 10.6. The van der Waals surface area contributed by atoms with Gasteiger partial charge in [0, 0.05) is 0 Å². The number of aromatic nitrogens is 4. The number of hydrogen-bond acceptors (Lipinski definition) is 0. The van der Waals surface area contributed by atoms with Gasteiger partial charge in [0.25, 0.3) is 0 Å². The van der Waals surface area contributed by atoms with E-state index in [-0.39, 0.29) is 0 Å². The van der Waals surface area contributed by atoms with E-state index in [9.17, 15) is 0 Å². The summed E-state index contributed by atoms with van der Waals surface area (Å²) in [4.78, 5) is 0. The third-order valence-corrected chi connectivity index (χ3v) is 11.9. The summed E-state index contributed by atoms with van der Waals surface area (Å²) < 4.78 is 11.7. The van der Waals surface area contributed by atoms with Crippen molar-refractivity contribution in [3.63, 3.8) is 0 Å². The predicted octanol–water partition coefficient (Wildman–Crippen LogP) is 0.309. The summed E-state index contributed by atoms with van der Waals surface area (Å²) in [6, 6.07) is 17.9. The summed E-state index contributed by atoms with van der Waals surface area (Å²) in [5, 5.41) is 0. The normalized spacial score (nSPS) is 11.1. The van der Waals surface area contributed by atoms with Gasteiger partial charge in [0.15, 0.2) is 0 Å². The van der Waals surface area contributed by atoms with Gasteiger partial charge in [-0.1, -0.05) is 0 Å². The first-order valence-electron chi connectivity index (χ1n) is 9.20. The Bertz CT molecular complexity index is 982. The van der Waals surface area contributed by atoms with Gasteiger partial charge in [-0.25, -0.2) is 0 Å². The molecule has 142 valence electrons. The number of imidazole rings is 2. The van der Waals surface area contributed by atoms with Crippen molar-refractivity contribution in [1.82, 2.24) is 9.13 Å². The molecule has 0 radical (unpaired) electrons. The van der Waals surface area contributed by atoms with Crippen molar-refractivity contribution in [2.45, 2.75) is 13.1 Å². The molecular weight excluding hydrogens is 478 g/mol. The van der Waals surface area contributed by atoms with Gasteiger partial charge in [0.1, 0.15) is 0 Å². The molecule has 0 aliphatic rings. The van der Waals surface area contributed by atoms with Crippen molar-refractivity contribution < 1.29 is 9.13 Å². The first-order valence-corrected chi connectivity index (χ1v) is 15.2. The van der Waals surface area contributed by atoms with Crippen molar-refractivity contribution in [3.8, 4) is 0 Å². The number of benzene rings is 2. The zero-order valence-corrected chi connectivity index (χ0v) is 19.5. The zero-order valence-electron chi connectivity index (χ0n) is 16.1. The molecule has 4 nitrogen and oxygen atoms in total. The third-order valence-electron chi connectivity index (χ3n) is 4.52. The van der Waals surface area contributed by atoms with E-state index in [1.54, 1.807) is 0 Å². The van der Waals surface area contributed by atoms with Crippen LogP contribution in [0.5, 0.6) is 0 Å². The molecule has 2 heterocycles. The minimum atomic E-state index is 0.469. The molecule has 0 aliphatic heterocycles. The molecule has 2 aromatic heterocycles. The van der Waals surface area contributed by atoms with Crippen molar-refractivity contribution in [3.05, 3.63) is 97.1 Å². The van der Waals surface area contributed by atoms with Crippen molar-refractivity contribution >= 4 is 35.2 Å². The van der Waals surface area contributed by atoms with Gasteiger partial charge in [-0.3, -0.25) is 0 Å². The number of nitrogens with zero attached hydrogens (tertiary/aromatic N) is 4. The summed E-state index contributed by atoms with van der Waals surface area (Å²) in [6.45, 7) is 1.88. The number of hydrogen-bond donors (Lipinski definition) is 0. The first kappa shape index (κ1) is 19.2. The molecule has 0 fully saturated rings. The van der Waals surface area contributed by atoms with E-state index in [2.05, 4.69) is 118 Å². The maximum atomic E-state index is 2.31. The average molecular weight is 502 g/mol. The van der Waals surface area contributed by atoms with Crippen LogP contribution in [-0.2, 0) is 27.2 Å². The Hall–Kier alpha value is -2.10. The molecule has 0 saturated heterocycles. The van der Waals surface area contributed by atoms with E-state index in [1.165, 1.54) is 20.1 Å². The van der Waals surface area contributed by atoms with Crippen LogP contribution in [0.15, 0.2) is 86.0 Å². The summed E-state index contributed by atoms with van der Waals surface area (Å²) in [5.41, 5.74) is 2.88. The minimum absolute atomic E-state index is 0.469. The van der Waals surface area contributed by atoms with Crippen LogP contribution in [0.4, 0.5) is 0 Å². The second kappa shape index (κ2) is 8.93. The molecule has 0 unspecified atom stereocenters. The van der Waals surface area contributed by atoms with Gasteiger partial charge < -0.3 is 0 Å². The van der Waals surface area contributed by atoms with Gasteiger partial charge >= 0.3 is 178 Å². The topological polar surface area (TPSA) is 17.6 Å². The molecule has 4 aromatic rings. The van der Waals surface area contributed by atoms with Gasteiger partial charge in [-0.2, -0.15) is 0 Å². The second-order valence-electron chi connectivity index (χ2n) is 6.88. The zero-order chi connectivity index (χ0) is 19.3. The van der Waals surface area contributed by atoms with Crippen LogP contribution in [0.2, 0.25) is 0 Å². The molecule has 2 aromatic carbocycles. The Labute approximate surface area is 177 Å². The van der Waals surface area contributed by atoms with E-state index in [4.69, 9.17) is 0 Å². The quantitative estimate of drug-likeness (QED) is 0.256. The molecule has 0 spiro atoms. The van der Waals surface area contributed by atoms with Gasteiger partial charge in [0.2, 0.25) is 0 Å². The fourth-order valence-electron chi connectivity index (χ4n) is 3.11. The standard InChI is InChI=1S/C22H24N4Se2/c1-23-11-13-25(17-23)15-19-7-3-5-9-21(19)27-28-22-10-6-4-8-20(22)16-26-14-12-24(2)18-26/h3-14,17-18H,15-16H2,1-2H3/q+2. The Morgan fingerprint density at radius 2 is 1.11 bits per heavy atom. The third kappa shape index (κ3) is 4.84. The molecule has 0 bridgehead atoms. The van der Waals surface area contributed by atoms with Gasteiger partial charge in [-0.05, 0) is 0 Å². The molecule has 0 N–H and O–H groups in total. The van der Waals surface area contributed by atoms with Crippen LogP contribution >= 0.6 is 0 Å². The Morgan fingerprint density at radius 3 is 1.50 bits per heavy atom. The molecular formula is C22H24N4Se2+2. The first-order chi connectivity index (χ1) is 13.7. The molecule has 0 atom stereocenters.